The quantitative estimate of drug-likeness (QED) is 0.481. The van der Waals surface area contributed by atoms with Crippen molar-refractivity contribution in [3.05, 3.63) is 0 Å². The number of hydrogen-bond donors (Lipinski definition) is 3. The number of rotatable bonds is 2. The molecule has 0 heterocycles. The lowest BCUT2D eigenvalue weighted by molar-refractivity contribution is -0.124. The summed E-state index contributed by atoms with van der Waals surface area (Å²) in [6.07, 6.45) is 1.10. The predicted octanol–water partition coefficient (Wildman–Crippen LogP) is -1.03. The van der Waals surface area contributed by atoms with Crippen LogP contribution in [0.1, 0.15) is 19.8 Å². The Morgan fingerprint density at radius 3 is 2.64 bits per heavy atom. The van der Waals surface area contributed by atoms with Crippen molar-refractivity contribution >= 4 is 5.91 Å². The second-order valence-corrected chi connectivity index (χ2v) is 3.12. The molecule has 4 nitrogen and oxygen atoms in total. The SMILES string of the molecule is CC(N)C(=O)NC1CC(O)C1. The van der Waals surface area contributed by atoms with Crippen LogP contribution in [0.2, 0.25) is 0 Å². The van der Waals surface area contributed by atoms with Gasteiger partial charge in [-0.2, -0.15) is 0 Å². The molecule has 1 fully saturated rings. The molecule has 0 aromatic rings. The van der Waals surface area contributed by atoms with E-state index in [1.54, 1.807) is 6.92 Å². The van der Waals surface area contributed by atoms with Gasteiger partial charge >= 0.3 is 0 Å². The van der Waals surface area contributed by atoms with E-state index in [-0.39, 0.29) is 18.1 Å². The van der Waals surface area contributed by atoms with Crippen LogP contribution in [0.4, 0.5) is 0 Å². The number of aliphatic hydroxyl groups excluding tert-OH is 1. The minimum atomic E-state index is -0.451. The van der Waals surface area contributed by atoms with Gasteiger partial charge in [0, 0.05) is 6.04 Å². The third kappa shape index (κ3) is 2.17. The van der Waals surface area contributed by atoms with E-state index in [2.05, 4.69) is 5.32 Å². The van der Waals surface area contributed by atoms with Crippen LogP contribution in [0, 0.1) is 0 Å². The molecule has 1 aliphatic carbocycles. The molecule has 11 heavy (non-hydrogen) atoms. The smallest absolute Gasteiger partial charge is 0.236 e. The zero-order valence-electron chi connectivity index (χ0n) is 6.58. The third-order valence-electron chi connectivity index (χ3n) is 1.87. The molecule has 1 unspecified atom stereocenters. The Labute approximate surface area is 65.8 Å². The first-order chi connectivity index (χ1) is 5.09. The van der Waals surface area contributed by atoms with E-state index in [1.165, 1.54) is 0 Å². The average Bonchev–Trinajstić information content (AvgIpc) is 1.84. The van der Waals surface area contributed by atoms with Crippen LogP contribution in [0.3, 0.4) is 0 Å². The van der Waals surface area contributed by atoms with Gasteiger partial charge < -0.3 is 16.2 Å². The molecule has 0 aliphatic heterocycles. The van der Waals surface area contributed by atoms with Crippen LogP contribution >= 0.6 is 0 Å². The van der Waals surface area contributed by atoms with Crippen LogP contribution in [0.5, 0.6) is 0 Å². The molecule has 0 bridgehead atoms. The maximum absolute atomic E-state index is 10.9. The number of nitrogens with one attached hydrogen (secondary N) is 1. The van der Waals surface area contributed by atoms with Crippen LogP contribution in [0.25, 0.3) is 0 Å². The summed E-state index contributed by atoms with van der Waals surface area (Å²) in [7, 11) is 0. The third-order valence-corrected chi connectivity index (χ3v) is 1.87. The van der Waals surface area contributed by atoms with Crippen LogP contribution in [-0.4, -0.2) is 29.2 Å². The Bertz CT molecular complexity index is 153. The Morgan fingerprint density at radius 1 is 1.73 bits per heavy atom. The van der Waals surface area contributed by atoms with Crippen molar-refractivity contribution < 1.29 is 9.90 Å². The molecular formula is C7H14N2O2. The number of nitrogens with two attached hydrogens (primary N) is 1. The lowest BCUT2D eigenvalue weighted by Gasteiger charge is -2.32. The van der Waals surface area contributed by atoms with E-state index in [9.17, 15) is 4.79 Å². The highest BCUT2D eigenvalue weighted by atomic mass is 16.3. The zero-order chi connectivity index (χ0) is 8.43. The maximum atomic E-state index is 10.9. The van der Waals surface area contributed by atoms with Gasteiger partial charge in [0.25, 0.3) is 0 Å². The highest BCUT2D eigenvalue weighted by Gasteiger charge is 2.28. The number of aliphatic hydroxyl groups is 1. The van der Waals surface area contributed by atoms with Crippen molar-refractivity contribution in [2.24, 2.45) is 5.73 Å². The van der Waals surface area contributed by atoms with E-state index in [4.69, 9.17) is 10.8 Å². The van der Waals surface area contributed by atoms with Gasteiger partial charge in [0.1, 0.15) is 0 Å². The van der Waals surface area contributed by atoms with Crippen molar-refractivity contribution in [1.82, 2.24) is 5.32 Å². The molecule has 1 atom stereocenters. The Morgan fingerprint density at radius 2 is 2.27 bits per heavy atom. The average molecular weight is 158 g/mol. The van der Waals surface area contributed by atoms with Crippen molar-refractivity contribution in [1.29, 1.82) is 0 Å². The van der Waals surface area contributed by atoms with Crippen molar-refractivity contribution in [3.63, 3.8) is 0 Å². The Kier molecular flexibility index (Phi) is 2.46. The molecule has 0 spiro atoms. The van der Waals surface area contributed by atoms with Crippen molar-refractivity contribution in [2.75, 3.05) is 0 Å². The van der Waals surface area contributed by atoms with Gasteiger partial charge in [-0.15, -0.1) is 0 Å². The van der Waals surface area contributed by atoms with Crippen LogP contribution in [0.15, 0.2) is 0 Å². The fourth-order valence-corrected chi connectivity index (χ4v) is 1.04. The number of carbonyl (C=O) groups is 1. The number of carbonyl (C=O) groups excluding carboxylic acids is 1. The lowest BCUT2D eigenvalue weighted by Crippen LogP contribution is -2.50. The highest BCUT2D eigenvalue weighted by Crippen LogP contribution is 2.18. The molecule has 0 radical (unpaired) electrons. The van der Waals surface area contributed by atoms with E-state index in [0.717, 1.165) is 0 Å². The predicted molar refractivity (Wildman–Crippen MR) is 40.8 cm³/mol. The van der Waals surface area contributed by atoms with Crippen LogP contribution in [-0.2, 0) is 4.79 Å². The molecule has 4 N–H and O–H groups in total. The molecule has 1 saturated carbocycles. The summed E-state index contributed by atoms with van der Waals surface area (Å²) in [5.41, 5.74) is 5.32. The van der Waals surface area contributed by atoms with E-state index in [1.807, 2.05) is 0 Å². The largest absolute Gasteiger partial charge is 0.393 e. The zero-order valence-corrected chi connectivity index (χ0v) is 6.58. The summed E-state index contributed by atoms with van der Waals surface area (Å²) in [6.45, 7) is 1.64. The van der Waals surface area contributed by atoms with Gasteiger partial charge in [0.05, 0.1) is 12.1 Å². The van der Waals surface area contributed by atoms with E-state index in [0.29, 0.717) is 12.8 Å². The molecule has 64 valence electrons. The Balaban J connectivity index is 2.17. The van der Waals surface area contributed by atoms with Crippen LogP contribution < -0.4 is 11.1 Å². The molecule has 0 aromatic carbocycles. The lowest BCUT2D eigenvalue weighted by atomic mass is 9.89. The first kappa shape index (κ1) is 8.49. The summed E-state index contributed by atoms with van der Waals surface area (Å²) in [5.74, 6) is -0.137. The first-order valence-corrected chi connectivity index (χ1v) is 3.83. The van der Waals surface area contributed by atoms with E-state index < -0.39 is 6.04 Å². The highest BCUT2D eigenvalue weighted by molar-refractivity contribution is 5.81. The van der Waals surface area contributed by atoms with Gasteiger partial charge in [0.2, 0.25) is 5.91 Å². The number of hydrogen-bond acceptors (Lipinski definition) is 3. The van der Waals surface area contributed by atoms with Crippen molar-refractivity contribution in [3.8, 4) is 0 Å². The standard InChI is InChI=1S/C7H14N2O2/c1-4(8)7(11)9-5-2-6(10)3-5/h4-6,10H,2-3,8H2,1H3,(H,9,11). The second kappa shape index (κ2) is 3.19. The minimum absolute atomic E-state index is 0.137. The molecule has 0 saturated heterocycles. The summed E-state index contributed by atoms with van der Waals surface area (Å²) >= 11 is 0. The van der Waals surface area contributed by atoms with Crippen molar-refractivity contribution in [2.45, 2.75) is 38.0 Å². The fraction of sp³-hybridized carbons (Fsp3) is 0.857. The van der Waals surface area contributed by atoms with Gasteiger partial charge in [0.15, 0.2) is 0 Å². The van der Waals surface area contributed by atoms with Gasteiger partial charge in [-0.3, -0.25) is 4.79 Å². The minimum Gasteiger partial charge on any atom is -0.393 e. The second-order valence-electron chi connectivity index (χ2n) is 3.12. The van der Waals surface area contributed by atoms with Gasteiger partial charge in [-0.05, 0) is 19.8 Å². The molecule has 1 rings (SSSR count). The summed E-state index contributed by atoms with van der Waals surface area (Å²) in [4.78, 5) is 10.9. The van der Waals surface area contributed by atoms with E-state index >= 15 is 0 Å². The Hall–Kier alpha value is -0.610. The molecule has 0 aromatic heterocycles. The normalized spacial score (nSPS) is 32.3. The van der Waals surface area contributed by atoms with Gasteiger partial charge in [-0.1, -0.05) is 0 Å². The summed E-state index contributed by atoms with van der Waals surface area (Å²) in [6, 6.07) is -0.309. The molecule has 4 heteroatoms. The first-order valence-electron chi connectivity index (χ1n) is 3.83. The topological polar surface area (TPSA) is 75.4 Å². The molecule has 1 amide bonds. The molecule has 1 aliphatic rings. The number of amides is 1. The monoisotopic (exact) mass is 158 g/mol. The maximum Gasteiger partial charge on any atom is 0.236 e. The fourth-order valence-electron chi connectivity index (χ4n) is 1.04. The summed E-state index contributed by atoms with van der Waals surface area (Å²) in [5, 5.41) is 11.6. The molecular weight excluding hydrogens is 144 g/mol. The summed E-state index contributed by atoms with van der Waals surface area (Å²) < 4.78 is 0. The van der Waals surface area contributed by atoms with Gasteiger partial charge in [-0.25, -0.2) is 0 Å².